The molecule has 1 radical (unpaired) electrons. The second kappa shape index (κ2) is 3.90. The molecule has 0 aliphatic carbocycles. The molecule has 1 heteroatoms. The molecule has 1 nitrogen and oxygen atoms in total. The van der Waals surface area contributed by atoms with Crippen molar-refractivity contribution in [2.75, 3.05) is 20.1 Å². The van der Waals surface area contributed by atoms with Gasteiger partial charge in [-0.3, -0.25) is 0 Å². The van der Waals surface area contributed by atoms with Crippen LogP contribution in [0.25, 0.3) is 0 Å². The number of hydrogen-bond acceptors (Lipinski definition) is 1. The summed E-state index contributed by atoms with van der Waals surface area (Å²) in [5.41, 5.74) is 0. The summed E-state index contributed by atoms with van der Waals surface area (Å²) in [4.78, 5) is 2.32. The van der Waals surface area contributed by atoms with Gasteiger partial charge in [-0.2, -0.15) is 4.90 Å². The van der Waals surface area contributed by atoms with E-state index in [1.54, 1.807) is 0 Å². The van der Waals surface area contributed by atoms with Gasteiger partial charge in [0.05, 0.1) is 0 Å². The molecule has 0 aromatic rings. The minimum absolute atomic E-state index is 0.806. The van der Waals surface area contributed by atoms with Crippen LogP contribution in [-0.2, 0) is 0 Å². The van der Waals surface area contributed by atoms with E-state index >= 15 is 0 Å². The lowest BCUT2D eigenvalue weighted by Gasteiger charge is -2.05. The van der Waals surface area contributed by atoms with Crippen molar-refractivity contribution >= 4 is 0 Å². The summed E-state index contributed by atoms with van der Waals surface area (Å²) in [5, 5.41) is 0. The Morgan fingerprint density at radius 3 is 2.00 bits per heavy atom. The Morgan fingerprint density at radius 2 is 1.88 bits per heavy atom. The van der Waals surface area contributed by atoms with Crippen LogP contribution in [0.5, 0.6) is 0 Å². The maximum atomic E-state index is 2.32. The Bertz CT molecular complexity index is 50.3. The van der Waals surface area contributed by atoms with Gasteiger partial charge in [-0.25, -0.2) is 0 Å². The number of nitrogens with zero attached hydrogens (tertiary/aromatic N) is 1. The van der Waals surface area contributed by atoms with E-state index in [-0.39, 0.29) is 0 Å². The van der Waals surface area contributed by atoms with E-state index in [4.69, 9.17) is 0 Å². The van der Waals surface area contributed by atoms with E-state index in [1.165, 1.54) is 6.54 Å². The fraction of sp³-hybridized carbons (Fsp3) is 1.00. The molecule has 0 saturated carbocycles. The minimum atomic E-state index is 0.806. The van der Waals surface area contributed by atoms with Gasteiger partial charge >= 0.3 is 0 Å². The minimum Gasteiger partial charge on any atom is -0.173 e. The van der Waals surface area contributed by atoms with Crippen LogP contribution in [-0.4, -0.2) is 20.1 Å². The highest BCUT2D eigenvalue weighted by molar-refractivity contribution is 4.55. The maximum Gasteiger partial charge on any atom is 0.124 e. The van der Waals surface area contributed by atoms with Crippen LogP contribution < -0.4 is 4.90 Å². The van der Waals surface area contributed by atoms with Gasteiger partial charge in [-0.05, 0) is 6.92 Å². The third kappa shape index (κ3) is 4.13. The maximum absolute atomic E-state index is 2.32. The topological polar surface area (TPSA) is 5.90 Å². The van der Waals surface area contributed by atoms with Crippen LogP contribution in [0.15, 0.2) is 0 Å². The molecule has 0 aromatic carbocycles. The third-order valence-corrected chi connectivity index (χ3v) is 1.22. The Morgan fingerprint density at radius 1 is 1.38 bits per heavy atom. The summed E-state index contributed by atoms with van der Waals surface area (Å²) in [5.74, 6) is 0.806. The molecule has 0 unspecified atom stereocenters. The molecule has 49 valence electrons. The summed E-state index contributed by atoms with van der Waals surface area (Å²) in [6, 6.07) is 0. The molecule has 0 aliphatic heterocycles. The highest BCUT2D eigenvalue weighted by atomic mass is 15.1. The Labute approximate surface area is 52.7 Å². The lowest BCUT2D eigenvalue weighted by atomic mass is 10.2. The third-order valence-electron chi connectivity index (χ3n) is 1.22. The van der Waals surface area contributed by atoms with Gasteiger partial charge < -0.3 is 0 Å². The summed E-state index contributed by atoms with van der Waals surface area (Å²) >= 11 is 0. The van der Waals surface area contributed by atoms with Gasteiger partial charge in [-0.1, -0.05) is 13.8 Å². The molecule has 0 bridgehead atoms. The molecular weight excluding hydrogens is 98.1 g/mol. The van der Waals surface area contributed by atoms with Crippen LogP contribution >= 0.6 is 0 Å². The average molecular weight is 115 g/mol. The van der Waals surface area contributed by atoms with Crippen molar-refractivity contribution in [2.24, 2.45) is 5.92 Å². The highest BCUT2D eigenvalue weighted by Gasteiger charge is 2.05. The molecular formula is C7H17N+. The Hall–Kier alpha value is -0.0400. The number of hydrogen-bond donors (Lipinski definition) is 0. The number of rotatable bonds is 3. The highest BCUT2D eigenvalue weighted by Crippen LogP contribution is 1.91. The first kappa shape index (κ1) is 7.96. The SMILES string of the molecule is CC[N+](C)CC(C)C. The van der Waals surface area contributed by atoms with E-state index < -0.39 is 0 Å². The zero-order valence-electron chi connectivity index (χ0n) is 6.44. The zero-order chi connectivity index (χ0) is 6.57. The second-order valence-electron chi connectivity index (χ2n) is 2.75. The van der Waals surface area contributed by atoms with Crippen LogP contribution in [0, 0.1) is 5.92 Å². The van der Waals surface area contributed by atoms with Crippen molar-refractivity contribution in [3.8, 4) is 0 Å². The summed E-state index contributed by atoms with van der Waals surface area (Å²) < 4.78 is 0. The fourth-order valence-corrected chi connectivity index (χ4v) is 0.752. The second-order valence-corrected chi connectivity index (χ2v) is 2.75. The van der Waals surface area contributed by atoms with Crippen LogP contribution in [0.3, 0.4) is 0 Å². The van der Waals surface area contributed by atoms with Gasteiger partial charge in [0.2, 0.25) is 0 Å². The fourth-order valence-electron chi connectivity index (χ4n) is 0.752. The molecule has 0 N–H and O–H groups in total. The molecule has 0 aromatic heterocycles. The van der Waals surface area contributed by atoms with Gasteiger partial charge in [-0.15, -0.1) is 0 Å². The molecule has 0 heterocycles. The molecule has 0 rings (SSSR count). The standard InChI is InChI=1S/C7H17N/c1-5-8(4)6-7(2)3/h7H,5-6H2,1-4H3/q+1. The largest absolute Gasteiger partial charge is 0.173 e. The van der Waals surface area contributed by atoms with Crippen molar-refractivity contribution in [1.82, 2.24) is 4.90 Å². The average Bonchev–Trinajstić information content (AvgIpc) is 1.65. The normalized spacial score (nSPS) is 11.2. The van der Waals surface area contributed by atoms with E-state index in [2.05, 4.69) is 32.7 Å². The summed E-state index contributed by atoms with van der Waals surface area (Å²) in [6.45, 7) is 9.05. The zero-order valence-corrected chi connectivity index (χ0v) is 6.44. The molecule has 0 aliphatic rings. The summed E-state index contributed by atoms with van der Waals surface area (Å²) in [7, 11) is 2.15. The Kier molecular flexibility index (Phi) is 3.88. The van der Waals surface area contributed by atoms with E-state index in [0.29, 0.717) is 0 Å². The van der Waals surface area contributed by atoms with Crippen molar-refractivity contribution < 1.29 is 0 Å². The van der Waals surface area contributed by atoms with Crippen molar-refractivity contribution in [2.45, 2.75) is 20.8 Å². The lowest BCUT2D eigenvalue weighted by Crippen LogP contribution is -2.28. The monoisotopic (exact) mass is 115 g/mol. The van der Waals surface area contributed by atoms with E-state index in [9.17, 15) is 0 Å². The Balaban J connectivity index is 3.10. The molecule has 0 saturated heterocycles. The lowest BCUT2D eigenvalue weighted by molar-refractivity contribution is 0.429. The van der Waals surface area contributed by atoms with Crippen LogP contribution in [0.2, 0.25) is 0 Å². The van der Waals surface area contributed by atoms with Crippen molar-refractivity contribution in [3.63, 3.8) is 0 Å². The van der Waals surface area contributed by atoms with E-state index in [1.807, 2.05) is 0 Å². The summed E-state index contributed by atoms with van der Waals surface area (Å²) in [6.07, 6.45) is 0. The quantitative estimate of drug-likeness (QED) is 0.491. The van der Waals surface area contributed by atoms with Gasteiger partial charge in [0, 0.05) is 5.92 Å². The molecule has 0 spiro atoms. The first-order valence-corrected chi connectivity index (χ1v) is 3.35. The molecule has 0 amide bonds. The van der Waals surface area contributed by atoms with Gasteiger partial charge in [0.25, 0.3) is 0 Å². The molecule has 0 fully saturated rings. The first-order valence-electron chi connectivity index (χ1n) is 3.35. The van der Waals surface area contributed by atoms with Gasteiger partial charge in [0.1, 0.15) is 20.1 Å². The predicted octanol–water partition coefficient (Wildman–Crippen LogP) is 1.43. The molecule has 8 heavy (non-hydrogen) atoms. The van der Waals surface area contributed by atoms with Crippen LogP contribution in [0.1, 0.15) is 20.8 Å². The molecule has 0 atom stereocenters. The first-order chi connectivity index (χ1) is 3.66. The van der Waals surface area contributed by atoms with Crippen molar-refractivity contribution in [1.29, 1.82) is 0 Å². The van der Waals surface area contributed by atoms with Crippen molar-refractivity contribution in [3.05, 3.63) is 0 Å². The van der Waals surface area contributed by atoms with Gasteiger partial charge in [0.15, 0.2) is 0 Å². The smallest absolute Gasteiger partial charge is 0.124 e. The van der Waals surface area contributed by atoms with Crippen LogP contribution in [0.4, 0.5) is 0 Å². The predicted molar refractivity (Wildman–Crippen MR) is 38.3 cm³/mol. The van der Waals surface area contributed by atoms with E-state index in [0.717, 1.165) is 12.5 Å².